The molecule has 0 spiro atoms. The molecule has 0 N–H and O–H groups in total. The van der Waals surface area contributed by atoms with Crippen LogP contribution in [0.5, 0.6) is 5.88 Å². The van der Waals surface area contributed by atoms with Gasteiger partial charge in [0.05, 0.1) is 23.9 Å². The van der Waals surface area contributed by atoms with Crippen LogP contribution in [0, 0.1) is 10.1 Å². The monoisotopic (exact) mass is 361 g/mol. The molecule has 2 aromatic carbocycles. The number of rotatable bonds is 6. The van der Waals surface area contributed by atoms with Crippen molar-refractivity contribution in [2.24, 2.45) is 0 Å². The number of hydrogen-bond donors (Lipinski definition) is 0. The number of nitro groups is 1. The largest absolute Gasteiger partial charge is 0.477 e. The summed E-state index contributed by atoms with van der Waals surface area (Å²) >= 11 is 0. The van der Waals surface area contributed by atoms with Crippen molar-refractivity contribution in [2.45, 2.75) is 6.42 Å². The average Bonchev–Trinajstić information content (AvgIpc) is 3.14. The first-order chi connectivity index (χ1) is 13.2. The first-order valence-corrected chi connectivity index (χ1v) is 8.33. The third-order valence-electron chi connectivity index (χ3n) is 4.10. The summed E-state index contributed by atoms with van der Waals surface area (Å²) in [4.78, 5) is 14.6. The van der Waals surface area contributed by atoms with Crippen molar-refractivity contribution in [1.29, 1.82) is 0 Å². The zero-order valence-corrected chi connectivity index (χ0v) is 14.2. The van der Waals surface area contributed by atoms with Gasteiger partial charge in [-0.3, -0.25) is 15.1 Å². The Morgan fingerprint density at radius 1 is 1.00 bits per heavy atom. The summed E-state index contributed by atoms with van der Waals surface area (Å²) in [6.07, 6.45) is 3.95. The molecule has 0 saturated heterocycles. The lowest BCUT2D eigenvalue weighted by Crippen LogP contribution is -2.06. The standard InChI is InChI=1S/C19H15N5O3/c25-24(26)16-8-6-15(7-9-16)19-22-21-17-12-20-13-18(23(17)19)27-11-10-14-4-2-1-3-5-14/h1-9,12-13H,10-11H2. The predicted octanol–water partition coefficient (Wildman–Crippen LogP) is 3.32. The molecule has 4 aromatic rings. The van der Waals surface area contributed by atoms with E-state index < -0.39 is 4.92 Å². The molecule has 0 aliphatic rings. The first kappa shape index (κ1) is 16.6. The quantitative estimate of drug-likeness (QED) is 0.386. The van der Waals surface area contributed by atoms with Crippen molar-refractivity contribution in [3.8, 4) is 17.3 Å². The van der Waals surface area contributed by atoms with E-state index in [0.717, 1.165) is 6.42 Å². The van der Waals surface area contributed by atoms with Crippen molar-refractivity contribution in [2.75, 3.05) is 6.61 Å². The fourth-order valence-electron chi connectivity index (χ4n) is 2.76. The molecule has 0 saturated carbocycles. The van der Waals surface area contributed by atoms with Gasteiger partial charge in [0.15, 0.2) is 11.5 Å². The topological polar surface area (TPSA) is 95.5 Å². The molecule has 0 radical (unpaired) electrons. The minimum atomic E-state index is -0.437. The van der Waals surface area contributed by atoms with Crippen LogP contribution < -0.4 is 4.74 Å². The predicted molar refractivity (Wildman–Crippen MR) is 98.5 cm³/mol. The molecule has 0 aliphatic heterocycles. The van der Waals surface area contributed by atoms with Gasteiger partial charge in [-0.05, 0) is 17.7 Å². The summed E-state index contributed by atoms with van der Waals surface area (Å²) in [5, 5.41) is 19.2. The maximum Gasteiger partial charge on any atom is 0.269 e. The normalized spacial score (nSPS) is 10.8. The van der Waals surface area contributed by atoms with Gasteiger partial charge < -0.3 is 4.74 Å². The van der Waals surface area contributed by atoms with Crippen LogP contribution in [0.4, 0.5) is 5.69 Å². The minimum absolute atomic E-state index is 0.0218. The van der Waals surface area contributed by atoms with Gasteiger partial charge in [-0.1, -0.05) is 30.3 Å². The van der Waals surface area contributed by atoms with Gasteiger partial charge in [-0.2, -0.15) is 0 Å². The number of aromatic nitrogens is 4. The summed E-state index contributed by atoms with van der Waals surface area (Å²) in [5.74, 6) is 1.05. The second-order valence-corrected chi connectivity index (χ2v) is 5.85. The number of ether oxygens (including phenoxy) is 1. The molecular formula is C19H15N5O3. The van der Waals surface area contributed by atoms with Crippen molar-refractivity contribution in [3.05, 3.63) is 82.7 Å². The molecule has 8 nitrogen and oxygen atoms in total. The van der Waals surface area contributed by atoms with E-state index in [1.165, 1.54) is 17.7 Å². The molecular weight excluding hydrogens is 346 g/mol. The van der Waals surface area contributed by atoms with Gasteiger partial charge in [0, 0.05) is 24.1 Å². The summed E-state index contributed by atoms with van der Waals surface area (Å²) in [6.45, 7) is 0.475. The highest BCUT2D eigenvalue weighted by Crippen LogP contribution is 2.25. The van der Waals surface area contributed by atoms with Crippen LogP contribution in [0.2, 0.25) is 0 Å². The number of hydrogen-bond acceptors (Lipinski definition) is 6. The molecule has 0 fully saturated rings. The first-order valence-electron chi connectivity index (χ1n) is 8.33. The molecule has 0 bridgehead atoms. The summed E-state index contributed by atoms with van der Waals surface area (Å²) in [5.41, 5.74) is 2.44. The van der Waals surface area contributed by atoms with E-state index in [1.54, 1.807) is 28.9 Å². The molecule has 0 unspecified atom stereocenters. The van der Waals surface area contributed by atoms with Gasteiger partial charge in [-0.25, -0.2) is 4.40 Å². The van der Waals surface area contributed by atoms with Gasteiger partial charge >= 0.3 is 0 Å². The lowest BCUT2D eigenvalue weighted by molar-refractivity contribution is -0.384. The second-order valence-electron chi connectivity index (χ2n) is 5.85. The van der Waals surface area contributed by atoms with Gasteiger partial charge in [-0.15, -0.1) is 10.2 Å². The summed E-state index contributed by atoms with van der Waals surface area (Å²) in [7, 11) is 0. The molecule has 2 aromatic heterocycles. The second kappa shape index (κ2) is 7.20. The van der Waals surface area contributed by atoms with Gasteiger partial charge in [0.2, 0.25) is 5.88 Å². The van der Waals surface area contributed by atoms with Crippen LogP contribution in [-0.2, 0) is 6.42 Å². The number of benzene rings is 2. The Kier molecular flexibility index (Phi) is 4.44. The number of fused-ring (bicyclic) bond motifs is 1. The molecule has 0 atom stereocenters. The van der Waals surface area contributed by atoms with E-state index in [4.69, 9.17) is 4.74 Å². The maximum atomic E-state index is 10.8. The highest BCUT2D eigenvalue weighted by atomic mass is 16.6. The minimum Gasteiger partial charge on any atom is -0.477 e. The van der Waals surface area contributed by atoms with E-state index in [2.05, 4.69) is 15.2 Å². The van der Waals surface area contributed by atoms with Crippen LogP contribution in [-0.4, -0.2) is 31.1 Å². The molecule has 4 rings (SSSR count). The number of nitrogens with zero attached hydrogens (tertiary/aromatic N) is 5. The van der Waals surface area contributed by atoms with E-state index in [1.807, 2.05) is 30.3 Å². The highest BCUT2D eigenvalue weighted by molar-refractivity contribution is 5.61. The Bertz CT molecular complexity index is 1080. The van der Waals surface area contributed by atoms with Crippen molar-refractivity contribution >= 4 is 11.3 Å². The Hall–Kier alpha value is -3.81. The zero-order valence-electron chi connectivity index (χ0n) is 14.2. The summed E-state index contributed by atoms with van der Waals surface area (Å²) < 4.78 is 7.67. The van der Waals surface area contributed by atoms with Gasteiger partial charge in [0.1, 0.15) is 0 Å². The molecule has 8 heteroatoms. The highest BCUT2D eigenvalue weighted by Gasteiger charge is 2.14. The third-order valence-corrected chi connectivity index (χ3v) is 4.10. The molecule has 2 heterocycles. The van der Waals surface area contributed by atoms with E-state index in [0.29, 0.717) is 29.5 Å². The Balaban J connectivity index is 1.62. The smallest absolute Gasteiger partial charge is 0.269 e. The molecule has 27 heavy (non-hydrogen) atoms. The van der Waals surface area contributed by atoms with E-state index in [9.17, 15) is 10.1 Å². The Morgan fingerprint density at radius 2 is 1.78 bits per heavy atom. The van der Waals surface area contributed by atoms with Crippen molar-refractivity contribution in [1.82, 2.24) is 19.6 Å². The third kappa shape index (κ3) is 3.45. The van der Waals surface area contributed by atoms with Crippen LogP contribution >= 0.6 is 0 Å². The fourth-order valence-corrected chi connectivity index (χ4v) is 2.76. The summed E-state index contributed by atoms with van der Waals surface area (Å²) in [6, 6.07) is 16.2. The van der Waals surface area contributed by atoms with E-state index >= 15 is 0 Å². The number of nitro benzene ring substituents is 1. The van der Waals surface area contributed by atoms with E-state index in [-0.39, 0.29) is 5.69 Å². The number of non-ortho nitro benzene ring substituents is 1. The lowest BCUT2D eigenvalue weighted by atomic mass is 10.2. The van der Waals surface area contributed by atoms with Crippen LogP contribution in [0.1, 0.15) is 5.56 Å². The average molecular weight is 361 g/mol. The lowest BCUT2D eigenvalue weighted by Gasteiger charge is -2.09. The zero-order chi connectivity index (χ0) is 18.6. The van der Waals surface area contributed by atoms with Crippen LogP contribution in [0.3, 0.4) is 0 Å². The molecule has 0 amide bonds. The van der Waals surface area contributed by atoms with Crippen molar-refractivity contribution < 1.29 is 9.66 Å². The van der Waals surface area contributed by atoms with Crippen LogP contribution in [0.25, 0.3) is 17.0 Å². The Labute approximate surface area is 154 Å². The maximum absolute atomic E-state index is 10.8. The SMILES string of the molecule is O=[N+]([O-])c1ccc(-c2nnc3cncc(OCCc4ccccc4)n23)cc1. The van der Waals surface area contributed by atoms with Gasteiger partial charge in [0.25, 0.3) is 5.69 Å². The fraction of sp³-hybridized carbons (Fsp3) is 0.105. The Morgan fingerprint density at radius 3 is 2.52 bits per heavy atom. The van der Waals surface area contributed by atoms with Crippen LogP contribution in [0.15, 0.2) is 67.0 Å². The molecule has 0 aliphatic carbocycles. The molecule has 134 valence electrons. The van der Waals surface area contributed by atoms with Crippen molar-refractivity contribution in [3.63, 3.8) is 0 Å².